The molecule has 7 heteroatoms. The molecule has 6 nitrogen and oxygen atoms in total. The number of rotatable bonds is 6. The second kappa shape index (κ2) is 9.05. The largest absolute Gasteiger partial charge is 0.356 e. The summed E-state index contributed by atoms with van der Waals surface area (Å²) in [6.45, 7) is 2.83. The standard InChI is InChI=1S/C16H29N5OS/c1-4-23(22)15-7-5-6-14(10-15)20-16(17-2)18-9-8-13-11-19-21(3)12-13/h11-12,14-15H,4-10H2,1-3H3,(H2,17,18,20). The molecule has 23 heavy (non-hydrogen) atoms. The van der Waals surface area contributed by atoms with Gasteiger partial charge in [0.25, 0.3) is 0 Å². The van der Waals surface area contributed by atoms with Crippen LogP contribution in [0.2, 0.25) is 0 Å². The first kappa shape index (κ1) is 18.0. The van der Waals surface area contributed by atoms with Crippen molar-refractivity contribution in [3.63, 3.8) is 0 Å². The first-order valence-corrected chi connectivity index (χ1v) is 9.82. The minimum absolute atomic E-state index is 0.333. The van der Waals surface area contributed by atoms with Crippen LogP contribution >= 0.6 is 0 Å². The van der Waals surface area contributed by atoms with Gasteiger partial charge in [-0.05, 0) is 31.2 Å². The zero-order valence-corrected chi connectivity index (χ0v) is 15.2. The second-order valence-electron chi connectivity index (χ2n) is 6.07. The third kappa shape index (κ3) is 5.64. The maximum atomic E-state index is 12.0. The molecular formula is C16H29N5OS. The Balaban J connectivity index is 1.76. The molecule has 0 amide bonds. The number of aryl methyl sites for hydroxylation is 1. The molecule has 1 fully saturated rings. The average Bonchev–Trinajstić information content (AvgIpc) is 2.98. The van der Waals surface area contributed by atoms with Crippen LogP contribution in [0.25, 0.3) is 0 Å². The van der Waals surface area contributed by atoms with E-state index in [1.807, 2.05) is 31.0 Å². The van der Waals surface area contributed by atoms with Gasteiger partial charge in [-0.3, -0.25) is 13.9 Å². The van der Waals surface area contributed by atoms with Crippen molar-refractivity contribution in [3.8, 4) is 0 Å². The number of nitrogens with one attached hydrogen (secondary N) is 2. The van der Waals surface area contributed by atoms with Crippen molar-refractivity contribution >= 4 is 16.8 Å². The molecule has 1 aromatic rings. The van der Waals surface area contributed by atoms with Crippen LogP contribution in [-0.4, -0.2) is 50.6 Å². The van der Waals surface area contributed by atoms with Crippen LogP contribution in [0.4, 0.5) is 0 Å². The number of aromatic nitrogens is 2. The van der Waals surface area contributed by atoms with E-state index in [0.29, 0.717) is 11.3 Å². The first-order chi connectivity index (χ1) is 11.1. The van der Waals surface area contributed by atoms with Crippen LogP contribution < -0.4 is 10.6 Å². The zero-order valence-electron chi connectivity index (χ0n) is 14.4. The summed E-state index contributed by atoms with van der Waals surface area (Å²) in [5.74, 6) is 1.59. The highest BCUT2D eigenvalue weighted by atomic mass is 32.2. The van der Waals surface area contributed by atoms with E-state index in [1.165, 1.54) is 5.56 Å². The molecule has 2 N–H and O–H groups in total. The topological polar surface area (TPSA) is 71.3 Å². The third-order valence-electron chi connectivity index (χ3n) is 4.31. The second-order valence-corrected chi connectivity index (χ2v) is 8.08. The van der Waals surface area contributed by atoms with E-state index in [1.54, 1.807) is 7.05 Å². The molecule has 130 valence electrons. The summed E-state index contributed by atoms with van der Waals surface area (Å²) >= 11 is 0. The Hall–Kier alpha value is -1.37. The first-order valence-electron chi connectivity index (χ1n) is 8.44. The van der Waals surface area contributed by atoms with E-state index in [0.717, 1.165) is 50.4 Å². The number of hydrogen-bond acceptors (Lipinski definition) is 3. The number of aliphatic imine (C=N–C) groups is 1. The highest BCUT2D eigenvalue weighted by molar-refractivity contribution is 7.85. The lowest BCUT2D eigenvalue weighted by Gasteiger charge is -2.30. The highest BCUT2D eigenvalue weighted by Gasteiger charge is 2.25. The van der Waals surface area contributed by atoms with Crippen LogP contribution in [0.15, 0.2) is 17.4 Å². The Morgan fingerprint density at radius 1 is 1.52 bits per heavy atom. The zero-order chi connectivity index (χ0) is 16.7. The molecule has 3 unspecified atom stereocenters. The Morgan fingerprint density at radius 3 is 3.00 bits per heavy atom. The van der Waals surface area contributed by atoms with Crippen LogP contribution in [0.3, 0.4) is 0 Å². The van der Waals surface area contributed by atoms with Crippen molar-refractivity contribution in [3.05, 3.63) is 18.0 Å². The Bertz CT molecular complexity index is 542. The fourth-order valence-corrected chi connectivity index (χ4v) is 4.41. The Labute approximate surface area is 141 Å². The van der Waals surface area contributed by atoms with Gasteiger partial charge in [0.05, 0.1) is 6.20 Å². The van der Waals surface area contributed by atoms with E-state index in [2.05, 4.69) is 20.7 Å². The fourth-order valence-electron chi connectivity index (χ4n) is 3.06. The van der Waals surface area contributed by atoms with Crippen LogP contribution in [0.5, 0.6) is 0 Å². The monoisotopic (exact) mass is 339 g/mol. The highest BCUT2D eigenvalue weighted by Crippen LogP contribution is 2.22. The third-order valence-corrected chi connectivity index (χ3v) is 6.05. The molecule has 0 aliphatic heterocycles. The van der Waals surface area contributed by atoms with Crippen molar-refractivity contribution in [2.45, 2.75) is 50.3 Å². The van der Waals surface area contributed by atoms with Crippen molar-refractivity contribution in [1.82, 2.24) is 20.4 Å². The van der Waals surface area contributed by atoms with E-state index in [4.69, 9.17) is 0 Å². The lowest BCUT2D eigenvalue weighted by Crippen LogP contribution is -2.47. The Morgan fingerprint density at radius 2 is 2.35 bits per heavy atom. The normalized spacial score (nSPS) is 23.5. The number of nitrogens with zero attached hydrogens (tertiary/aromatic N) is 3. The van der Waals surface area contributed by atoms with Gasteiger partial charge in [0.2, 0.25) is 0 Å². The van der Waals surface area contributed by atoms with Gasteiger partial charge >= 0.3 is 0 Å². The van der Waals surface area contributed by atoms with Gasteiger partial charge < -0.3 is 10.6 Å². The molecule has 2 rings (SSSR count). The molecular weight excluding hydrogens is 310 g/mol. The molecule has 0 aromatic carbocycles. The summed E-state index contributed by atoms with van der Waals surface area (Å²) in [5, 5.41) is 11.4. The number of guanidine groups is 1. The molecule has 3 atom stereocenters. The smallest absolute Gasteiger partial charge is 0.191 e. The predicted octanol–water partition coefficient (Wildman–Crippen LogP) is 1.21. The van der Waals surface area contributed by atoms with E-state index in [-0.39, 0.29) is 0 Å². The van der Waals surface area contributed by atoms with Crippen molar-refractivity contribution in [2.24, 2.45) is 12.0 Å². The van der Waals surface area contributed by atoms with Gasteiger partial charge in [0, 0.05) is 54.7 Å². The molecule has 1 saturated carbocycles. The molecule has 0 bridgehead atoms. The lowest BCUT2D eigenvalue weighted by atomic mass is 9.95. The van der Waals surface area contributed by atoms with Crippen LogP contribution in [0.1, 0.15) is 38.2 Å². The molecule has 0 radical (unpaired) electrons. The van der Waals surface area contributed by atoms with Crippen LogP contribution in [0, 0.1) is 0 Å². The van der Waals surface area contributed by atoms with Gasteiger partial charge in [-0.25, -0.2) is 0 Å². The van der Waals surface area contributed by atoms with Crippen molar-refractivity contribution in [1.29, 1.82) is 0 Å². The molecule has 1 heterocycles. The maximum Gasteiger partial charge on any atom is 0.191 e. The fraction of sp³-hybridized carbons (Fsp3) is 0.750. The van der Waals surface area contributed by atoms with E-state index in [9.17, 15) is 4.21 Å². The molecule has 1 aromatic heterocycles. The average molecular weight is 340 g/mol. The quantitative estimate of drug-likeness (QED) is 0.604. The van der Waals surface area contributed by atoms with Crippen molar-refractivity contribution in [2.75, 3.05) is 19.3 Å². The van der Waals surface area contributed by atoms with Crippen LogP contribution in [-0.2, 0) is 24.3 Å². The van der Waals surface area contributed by atoms with Crippen molar-refractivity contribution < 1.29 is 4.21 Å². The predicted molar refractivity (Wildman–Crippen MR) is 96.1 cm³/mol. The SMILES string of the molecule is CCS(=O)C1CCCC(NC(=NC)NCCc2cnn(C)c2)C1. The summed E-state index contributed by atoms with van der Waals surface area (Å²) in [5.41, 5.74) is 1.21. The molecule has 0 spiro atoms. The van der Waals surface area contributed by atoms with E-state index >= 15 is 0 Å². The summed E-state index contributed by atoms with van der Waals surface area (Å²) in [6, 6.07) is 0.369. The van der Waals surface area contributed by atoms with Gasteiger partial charge in [-0.1, -0.05) is 13.3 Å². The molecule has 1 aliphatic rings. The summed E-state index contributed by atoms with van der Waals surface area (Å²) in [7, 11) is 3.03. The lowest BCUT2D eigenvalue weighted by molar-refractivity contribution is 0.413. The molecule has 1 aliphatic carbocycles. The van der Waals surface area contributed by atoms with Gasteiger partial charge in [0.1, 0.15) is 0 Å². The summed E-state index contributed by atoms with van der Waals surface area (Å²) < 4.78 is 13.8. The summed E-state index contributed by atoms with van der Waals surface area (Å²) in [4.78, 5) is 4.31. The summed E-state index contributed by atoms with van der Waals surface area (Å²) in [6.07, 6.45) is 9.17. The van der Waals surface area contributed by atoms with E-state index < -0.39 is 10.8 Å². The Kier molecular flexibility index (Phi) is 7.08. The van der Waals surface area contributed by atoms with Gasteiger partial charge in [0.15, 0.2) is 5.96 Å². The number of hydrogen-bond donors (Lipinski definition) is 2. The minimum atomic E-state index is -0.688. The minimum Gasteiger partial charge on any atom is -0.356 e. The molecule has 0 saturated heterocycles. The maximum absolute atomic E-state index is 12.0. The van der Waals surface area contributed by atoms with Gasteiger partial charge in [-0.15, -0.1) is 0 Å². The van der Waals surface area contributed by atoms with Gasteiger partial charge in [-0.2, -0.15) is 5.10 Å².